The van der Waals surface area contributed by atoms with Gasteiger partial charge in [0.1, 0.15) is 5.69 Å². The van der Waals surface area contributed by atoms with Crippen LogP contribution < -0.4 is 5.32 Å². The monoisotopic (exact) mass is 304 g/mol. The van der Waals surface area contributed by atoms with Gasteiger partial charge in [0.25, 0.3) is 5.91 Å². The van der Waals surface area contributed by atoms with E-state index in [-0.39, 0.29) is 17.9 Å². The fourth-order valence-corrected chi connectivity index (χ4v) is 2.84. The molecule has 1 saturated carbocycles. The number of hydrogen-bond acceptors (Lipinski definition) is 3. The van der Waals surface area contributed by atoms with E-state index in [1.807, 2.05) is 6.07 Å². The normalized spacial score (nSPS) is 21.4. The molecule has 6 nitrogen and oxygen atoms in total. The molecule has 2 amide bonds. The SMILES string of the molecule is CC(C)c1cc(C(=O)N2CCC(NC(=O)CC3CC3)C2)n[nH]1. The Labute approximate surface area is 130 Å². The molecular formula is C16H24N4O2. The summed E-state index contributed by atoms with van der Waals surface area (Å²) in [7, 11) is 0. The van der Waals surface area contributed by atoms with Crippen molar-refractivity contribution >= 4 is 11.8 Å². The van der Waals surface area contributed by atoms with Crippen molar-refractivity contribution in [3.05, 3.63) is 17.5 Å². The van der Waals surface area contributed by atoms with Gasteiger partial charge in [-0.25, -0.2) is 0 Å². The summed E-state index contributed by atoms with van der Waals surface area (Å²) in [5.41, 5.74) is 1.44. The van der Waals surface area contributed by atoms with Crippen LogP contribution in [0.3, 0.4) is 0 Å². The molecule has 0 bridgehead atoms. The van der Waals surface area contributed by atoms with Crippen LogP contribution in [-0.4, -0.2) is 46.0 Å². The fourth-order valence-electron chi connectivity index (χ4n) is 2.84. The molecule has 0 spiro atoms. The first kappa shape index (κ1) is 15.1. The zero-order valence-electron chi connectivity index (χ0n) is 13.3. The third-order valence-electron chi connectivity index (χ3n) is 4.45. The Morgan fingerprint density at radius 3 is 2.82 bits per heavy atom. The lowest BCUT2D eigenvalue weighted by molar-refractivity contribution is -0.122. The summed E-state index contributed by atoms with van der Waals surface area (Å²) in [6, 6.07) is 1.91. The maximum atomic E-state index is 12.4. The minimum atomic E-state index is -0.0536. The van der Waals surface area contributed by atoms with E-state index in [2.05, 4.69) is 29.4 Å². The maximum Gasteiger partial charge on any atom is 0.274 e. The summed E-state index contributed by atoms with van der Waals surface area (Å²) < 4.78 is 0. The van der Waals surface area contributed by atoms with Crippen LogP contribution in [0.25, 0.3) is 0 Å². The fraction of sp³-hybridized carbons (Fsp3) is 0.688. The van der Waals surface area contributed by atoms with E-state index in [1.54, 1.807) is 4.90 Å². The van der Waals surface area contributed by atoms with Crippen molar-refractivity contribution in [2.24, 2.45) is 5.92 Å². The van der Waals surface area contributed by atoms with E-state index < -0.39 is 0 Å². The number of hydrogen-bond donors (Lipinski definition) is 2. The molecule has 2 fully saturated rings. The van der Waals surface area contributed by atoms with Crippen LogP contribution in [0.5, 0.6) is 0 Å². The van der Waals surface area contributed by atoms with Crippen LogP contribution >= 0.6 is 0 Å². The number of aromatic amines is 1. The van der Waals surface area contributed by atoms with Crippen molar-refractivity contribution in [1.29, 1.82) is 0 Å². The van der Waals surface area contributed by atoms with Crippen LogP contribution in [0.1, 0.15) is 61.6 Å². The van der Waals surface area contributed by atoms with E-state index in [9.17, 15) is 9.59 Å². The molecule has 1 unspecified atom stereocenters. The van der Waals surface area contributed by atoms with Crippen molar-refractivity contribution in [2.45, 2.75) is 51.5 Å². The lowest BCUT2D eigenvalue weighted by Gasteiger charge is -2.16. The number of aromatic nitrogens is 2. The number of nitrogens with one attached hydrogen (secondary N) is 2. The number of amides is 2. The quantitative estimate of drug-likeness (QED) is 0.868. The third kappa shape index (κ3) is 3.48. The molecule has 2 heterocycles. The predicted octanol–water partition coefficient (Wildman–Crippen LogP) is 1.66. The van der Waals surface area contributed by atoms with E-state index in [4.69, 9.17) is 0 Å². The summed E-state index contributed by atoms with van der Waals surface area (Å²) in [4.78, 5) is 26.1. The number of carbonyl (C=O) groups excluding carboxylic acids is 2. The molecule has 1 aliphatic heterocycles. The summed E-state index contributed by atoms with van der Waals surface area (Å²) >= 11 is 0. The largest absolute Gasteiger partial charge is 0.352 e. The van der Waals surface area contributed by atoms with Crippen molar-refractivity contribution in [1.82, 2.24) is 20.4 Å². The first-order chi connectivity index (χ1) is 10.5. The predicted molar refractivity (Wildman–Crippen MR) is 82.5 cm³/mol. The molecule has 1 aliphatic carbocycles. The van der Waals surface area contributed by atoms with Gasteiger partial charge in [0.2, 0.25) is 5.91 Å². The van der Waals surface area contributed by atoms with Gasteiger partial charge < -0.3 is 10.2 Å². The van der Waals surface area contributed by atoms with E-state index in [0.29, 0.717) is 37.0 Å². The molecule has 3 rings (SSSR count). The molecule has 0 radical (unpaired) electrons. The summed E-state index contributed by atoms with van der Waals surface area (Å²) in [5, 5.41) is 10.1. The summed E-state index contributed by atoms with van der Waals surface area (Å²) in [6.07, 6.45) is 3.82. The molecule has 22 heavy (non-hydrogen) atoms. The molecule has 1 atom stereocenters. The van der Waals surface area contributed by atoms with Crippen LogP contribution in [0.2, 0.25) is 0 Å². The van der Waals surface area contributed by atoms with Crippen molar-refractivity contribution in [2.75, 3.05) is 13.1 Å². The van der Waals surface area contributed by atoms with Crippen molar-refractivity contribution in [3.63, 3.8) is 0 Å². The smallest absolute Gasteiger partial charge is 0.274 e. The third-order valence-corrected chi connectivity index (χ3v) is 4.45. The molecule has 1 aromatic heterocycles. The molecular weight excluding hydrogens is 280 g/mol. The van der Waals surface area contributed by atoms with Gasteiger partial charge >= 0.3 is 0 Å². The van der Waals surface area contributed by atoms with Gasteiger partial charge in [-0.3, -0.25) is 14.7 Å². The Bertz CT molecular complexity index is 562. The lowest BCUT2D eigenvalue weighted by atomic mass is 10.1. The second-order valence-corrected chi connectivity index (χ2v) is 6.82. The van der Waals surface area contributed by atoms with E-state index in [0.717, 1.165) is 12.1 Å². The highest BCUT2D eigenvalue weighted by molar-refractivity contribution is 5.92. The Morgan fingerprint density at radius 2 is 2.18 bits per heavy atom. The zero-order chi connectivity index (χ0) is 15.7. The van der Waals surface area contributed by atoms with Gasteiger partial charge in [0, 0.05) is 31.2 Å². The molecule has 0 aromatic carbocycles. The lowest BCUT2D eigenvalue weighted by Crippen LogP contribution is -2.38. The van der Waals surface area contributed by atoms with Crippen molar-refractivity contribution in [3.8, 4) is 0 Å². The van der Waals surface area contributed by atoms with Gasteiger partial charge in [0.05, 0.1) is 0 Å². The topological polar surface area (TPSA) is 78.1 Å². The maximum absolute atomic E-state index is 12.4. The number of carbonyl (C=O) groups is 2. The molecule has 1 saturated heterocycles. The highest BCUT2D eigenvalue weighted by Gasteiger charge is 2.31. The first-order valence-electron chi connectivity index (χ1n) is 8.17. The van der Waals surface area contributed by atoms with Crippen LogP contribution in [0.15, 0.2) is 6.07 Å². The van der Waals surface area contributed by atoms with E-state index in [1.165, 1.54) is 12.8 Å². The highest BCUT2D eigenvalue weighted by Crippen LogP contribution is 2.32. The first-order valence-corrected chi connectivity index (χ1v) is 8.17. The Balaban J connectivity index is 1.52. The van der Waals surface area contributed by atoms with Gasteiger partial charge in [-0.1, -0.05) is 13.8 Å². The minimum absolute atomic E-state index is 0.0536. The highest BCUT2D eigenvalue weighted by atomic mass is 16.2. The van der Waals surface area contributed by atoms with Crippen molar-refractivity contribution < 1.29 is 9.59 Å². The molecule has 2 aliphatic rings. The number of likely N-dealkylation sites (tertiary alicyclic amines) is 1. The van der Waals surface area contributed by atoms with Crippen LogP contribution in [0, 0.1) is 5.92 Å². The Kier molecular flexibility index (Phi) is 4.18. The second kappa shape index (κ2) is 6.10. The molecule has 6 heteroatoms. The van der Waals surface area contributed by atoms with Gasteiger partial charge in [-0.2, -0.15) is 5.10 Å². The molecule has 120 valence electrons. The zero-order valence-corrected chi connectivity index (χ0v) is 13.3. The van der Waals surface area contributed by atoms with E-state index >= 15 is 0 Å². The number of rotatable bonds is 5. The van der Waals surface area contributed by atoms with Crippen LogP contribution in [-0.2, 0) is 4.79 Å². The Hall–Kier alpha value is -1.85. The van der Waals surface area contributed by atoms with Gasteiger partial charge in [-0.15, -0.1) is 0 Å². The molecule has 1 aromatic rings. The number of nitrogens with zero attached hydrogens (tertiary/aromatic N) is 2. The Morgan fingerprint density at radius 1 is 1.41 bits per heavy atom. The minimum Gasteiger partial charge on any atom is -0.352 e. The average Bonchev–Trinajstić information content (AvgIpc) is 2.98. The second-order valence-electron chi connectivity index (χ2n) is 6.82. The average molecular weight is 304 g/mol. The summed E-state index contributed by atoms with van der Waals surface area (Å²) in [6.45, 7) is 5.38. The number of H-pyrrole nitrogens is 1. The standard InChI is InChI=1S/C16H24N4O2/c1-10(2)13-8-14(19-18-13)16(22)20-6-5-12(9-20)17-15(21)7-11-3-4-11/h8,10-12H,3-7,9H2,1-2H3,(H,17,21)(H,18,19). The summed E-state index contributed by atoms with van der Waals surface area (Å²) in [5.74, 6) is 0.991. The van der Waals surface area contributed by atoms with Gasteiger partial charge in [-0.05, 0) is 37.2 Å². The molecule has 2 N–H and O–H groups in total. The van der Waals surface area contributed by atoms with Crippen LogP contribution in [0.4, 0.5) is 0 Å². The van der Waals surface area contributed by atoms with Gasteiger partial charge in [0.15, 0.2) is 0 Å².